The number of benzene rings is 1. The molecule has 0 atom stereocenters. The molecule has 0 aliphatic heterocycles. The van der Waals surface area contributed by atoms with E-state index in [4.69, 9.17) is 0 Å². The van der Waals surface area contributed by atoms with Crippen LogP contribution >= 0.6 is 0 Å². The van der Waals surface area contributed by atoms with E-state index in [1.165, 1.54) is 0 Å². The van der Waals surface area contributed by atoms with E-state index in [0.29, 0.717) is 24.3 Å². The van der Waals surface area contributed by atoms with Crippen molar-refractivity contribution in [3.8, 4) is 5.75 Å². The quantitative estimate of drug-likeness (QED) is 0.253. The van der Waals surface area contributed by atoms with Gasteiger partial charge in [0.05, 0.1) is 4.92 Å². The molecule has 0 unspecified atom stereocenters. The van der Waals surface area contributed by atoms with Gasteiger partial charge >= 0.3 is 29.9 Å². The summed E-state index contributed by atoms with van der Waals surface area (Å²) in [5.74, 6) is -25.4. The lowest BCUT2D eigenvalue weighted by atomic mass is 10.0. The summed E-state index contributed by atoms with van der Waals surface area (Å²) >= 11 is 0. The van der Waals surface area contributed by atoms with Crippen molar-refractivity contribution >= 4 is 11.7 Å². The van der Waals surface area contributed by atoms with Crippen LogP contribution in [0.3, 0.4) is 0 Å². The van der Waals surface area contributed by atoms with Crippen LogP contribution in [0.25, 0.3) is 0 Å². The van der Waals surface area contributed by atoms with Gasteiger partial charge in [-0.2, -0.15) is 39.5 Å². The second kappa shape index (κ2) is 6.07. The third-order valence-electron chi connectivity index (χ3n) is 2.66. The van der Waals surface area contributed by atoms with E-state index in [0.717, 1.165) is 0 Å². The molecule has 1 aromatic rings. The van der Waals surface area contributed by atoms with Gasteiger partial charge in [0.2, 0.25) is 0 Å². The number of nitro groups is 1. The van der Waals surface area contributed by atoms with Gasteiger partial charge in [-0.15, -0.1) is 0 Å². The molecule has 0 saturated heterocycles. The average Bonchev–Trinajstić information content (AvgIpc) is 2.46. The van der Waals surface area contributed by atoms with Crippen LogP contribution in [-0.4, -0.2) is 34.8 Å². The highest BCUT2D eigenvalue weighted by Crippen LogP contribution is 2.53. The lowest BCUT2D eigenvalue weighted by Gasteiger charge is -2.32. The fourth-order valence-electron chi connectivity index (χ4n) is 1.31. The Bertz CT molecular complexity index is 669. The molecule has 0 aliphatic rings. The molecule has 0 bridgehead atoms. The van der Waals surface area contributed by atoms with Crippen molar-refractivity contribution in [3.63, 3.8) is 0 Å². The number of nitrogens with zero attached hydrogens (tertiary/aromatic N) is 1. The van der Waals surface area contributed by atoms with Crippen molar-refractivity contribution < 1.29 is 54.0 Å². The Balaban J connectivity index is 3.11. The summed E-state index contributed by atoms with van der Waals surface area (Å²) in [6.45, 7) is 0. The first kappa shape index (κ1) is 20.5. The van der Waals surface area contributed by atoms with E-state index in [1.807, 2.05) is 0 Å². The van der Waals surface area contributed by atoms with E-state index in [1.54, 1.807) is 0 Å². The molecule has 0 aliphatic carbocycles. The van der Waals surface area contributed by atoms with Gasteiger partial charge in [-0.1, -0.05) is 0 Å². The minimum atomic E-state index is -7.24. The van der Waals surface area contributed by atoms with Gasteiger partial charge in [0.25, 0.3) is 5.69 Å². The number of nitro benzene ring substituents is 1. The van der Waals surface area contributed by atoms with Gasteiger partial charge in [0, 0.05) is 12.1 Å². The molecule has 14 heteroatoms. The molecule has 0 aromatic heterocycles. The standard InChI is InChI=1S/C11H4F9NO4/c12-8(13,9(14,15)10(16,17)11(18,19)20)7(22)25-6-3-1-5(2-4-6)21(23)24/h1-4H. The first-order valence-corrected chi connectivity index (χ1v) is 5.72. The van der Waals surface area contributed by atoms with Crippen molar-refractivity contribution in [3.05, 3.63) is 34.4 Å². The molecule has 5 nitrogen and oxygen atoms in total. The van der Waals surface area contributed by atoms with Crippen LogP contribution in [0.1, 0.15) is 0 Å². The smallest absolute Gasteiger partial charge is 0.422 e. The van der Waals surface area contributed by atoms with Crippen molar-refractivity contribution in [2.45, 2.75) is 23.9 Å². The molecular weight excluding hydrogens is 381 g/mol. The van der Waals surface area contributed by atoms with E-state index in [2.05, 4.69) is 4.74 Å². The fraction of sp³-hybridized carbons (Fsp3) is 0.364. The normalized spacial score (nSPS) is 13.5. The molecule has 1 aromatic carbocycles. The molecule has 1 rings (SSSR count). The summed E-state index contributed by atoms with van der Waals surface area (Å²) in [6, 6.07) is 2.07. The van der Waals surface area contributed by atoms with E-state index in [-0.39, 0.29) is 0 Å². The van der Waals surface area contributed by atoms with Gasteiger partial charge in [-0.3, -0.25) is 10.1 Å². The van der Waals surface area contributed by atoms with Crippen molar-refractivity contribution in [2.24, 2.45) is 0 Å². The van der Waals surface area contributed by atoms with Crippen LogP contribution in [0.2, 0.25) is 0 Å². The highest BCUT2D eigenvalue weighted by molar-refractivity contribution is 5.81. The molecule has 0 amide bonds. The van der Waals surface area contributed by atoms with Gasteiger partial charge in [0.1, 0.15) is 5.75 Å². The van der Waals surface area contributed by atoms with E-state index in [9.17, 15) is 54.4 Å². The molecule has 0 heterocycles. The number of halogens is 9. The topological polar surface area (TPSA) is 69.4 Å². The van der Waals surface area contributed by atoms with Crippen LogP contribution in [0.5, 0.6) is 5.75 Å². The summed E-state index contributed by atoms with van der Waals surface area (Å²) in [6.07, 6.45) is -7.08. The largest absolute Gasteiger partial charge is 0.460 e. The maximum absolute atomic E-state index is 13.2. The average molecular weight is 385 g/mol. The van der Waals surface area contributed by atoms with Gasteiger partial charge in [-0.25, -0.2) is 4.79 Å². The zero-order valence-electron chi connectivity index (χ0n) is 11.3. The number of rotatable bonds is 5. The summed E-state index contributed by atoms with van der Waals surface area (Å²) in [7, 11) is 0. The lowest BCUT2D eigenvalue weighted by Crippen LogP contribution is -2.64. The number of non-ortho nitro benzene ring substituents is 1. The minimum Gasteiger partial charge on any atom is -0.422 e. The number of carbonyl (C=O) groups excluding carboxylic acids is 1. The summed E-state index contributed by atoms with van der Waals surface area (Å²) in [5, 5.41) is 10.3. The van der Waals surface area contributed by atoms with Crippen LogP contribution in [0.15, 0.2) is 24.3 Å². The number of hydrogen-bond donors (Lipinski definition) is 0. The Kier molecular flexibility index (Phi) is 4.98. The molecule has 0 N–H and O–H groups in total. The highest BCUT2D eigenvalue weighted by Gasteiger charge is 2.84. The predicted molar refractivity (Wildman–Crippen MR) is 59.6 cm³/mol. The molecule has 25 heavy (non-hydrogen) atoms. The van der Waals surface area contributed by atoms with Crippen LogP contribution in [0, 0.1) is 10.1 Å². The zero-order chi connectivity index (χ0) is 19.8. The number of hydrogen-bond acceptors (Lipinski definition) is 4. The third-order valence-corrected chi connectivity index (χ3v) is 2.66. The minimum absolute atomic E-state index is 0.464. The predicted octanol–water partition coefficient (Wildman–Crippen LogP) is 3.97. The van der Waals surface area contributed by atoms with Crippen LogP contribution in [0.4, 0.5) is 45.2 Å². The Morgan fingerprint density at radius 1 is 0.880 bits per heavy atom. The Labute approximate surface area is 131 Å². The molecule has 0 fully saturated rings. The summed E-state index contributed by atoms with van der Waals surface area (Å²) < 4.78 is 117. The Hall–Kier alpha value is -2.54. The van der Waals surface area contributed by atoms with Gasteiger partial charge in [0.15, 0.2) is 0 Å². The molecule has 0 radical (unpaired) electrons. The third kappa shape index (κ3) is 3.46. The number of carbonyl (C=O) groups is 1. The van der Waals surface area contributed by atoms with Crippen molar-refractivity contribution in [1.82, 2.24) is 0 Å². The zero-order valence-corrected chi connectivity index (χ0v) is 11.3. The monoisotopic (exact) mass is 385 g/mol. The maximum Gasteiger partial charge on any atom is 0.460 e. The molecule has 0 spiro atoms. The van der Waals surface area contributed by atoms with E-state index < -0.39 is 46.3 Å². The van der Waals surface area contributed by atoms with Crippen molar-refractivity contribution in [1.29, 1.82) is 0 Å². The second-order valence-electron chi connectivity index (χ2n) is 4.36. The maximum atomic E-state index is 13.2. The van der Waals surface area contributed by atoms with Gasteiger partial charge in [-0.05, 0) is 12.1 Å². The number of alkyl halides is 9. The summed E-state index contributed by atoms with van der Waals surface area (Å²) in [4.78, 5) is 20.3. The molecular formula is C11H4F9NO4. The van der Waals surface area contributed by atoms with Gasteiger partial charge < -0.3 is 4.74 Å². The second-order valence-corrected chi connectivity index (χ2v) is 4.36. The first-order chi connectivity index (χ1) is 11.1. The number of ether oxygens (including phenoxy) is 1. The lowest BCUT2D eigenvalue weighted by molar-refractivity contribution is -0.390. The molecule has 0 saturated carbocycles. The molecule has 140 valence electrons. The van der Waals surface area contributed by atoms with Crippen molar-refractivity contribution in [2.75, 3.05) is 0 Å². The Morgan fingerprint density at radius 2 is 1.32 bits per heavy atom. The van der Waals surface area contributed by atoms with E-state index >= 15 is 0 Å². The number of esters is 1. The van der Waals surface area contributed by atoms with Crippen LogP contribution < -0.4 is 4.74 Å². The Morgan fingerprint density at radius 3 is 1.68 bits per heavy atom. The fourth-order valence-corrected chi connectivity index (χ4v) is 1.31. The van der Waals surface area contributed by atoms with Crippen LogP contribution in [-0.2, 0) is 4.79 Å². The first-order valence-electron chi connectivity index (χ1n) is 5.72. The summed E-state index contributed by atoms with van der Waals surface area (Å²) in [5.41, 5.74) is -0.638. The highest BCUT2D eigenvalue weighted by atomic mass is 19.4. The SMILES string of the molecule is O=C(Oc1ccc([N+](=O)[O-])cc1)C(F)(F)C(F)(F)C(F)(F)C(F)(F)F.